The van der Waals surface area contributed by atoms with E-state index in [0.29, 0.717) is 34.6 Å². The van der Waals surface area contributed by atoms with Crippen LogP contribution in [0.1, 0.15) is 38.7 Å². The molecule has 2 amide bonds. The van der Waals surface area contributed by atoms with Crippen LogP contribution in [0.3, 0.4) is 0 Å². The SMILES string of the molecule is CC[C@H](C(=O)N(CC(=O)Nc1nnc(-c2ccc3c(c2)OCO3)s1)CC(C)C)c1ccccc1. The summed E-state index contributed by atoms with van der Waals surface area (Å²) in [5.41, 5.74) is 1.79. The Bertz CT molecular complexity index is 1150. The van der Waals surface area contributed by atoms with Crippen molar-refractivity contribution in [1.29, 1.82) is 0 Å². The van der Waals surface area contributed by atoms with Crippen LogP contribution >= 0.6 is 11.3 Å². The molecule has 0 fully saturated rings. The number of anilines is 1. The maximum atomic E-state index is 13.4. The van der Waals surface area contributed by atoms with Gasteiger partial charge in [0.1, 0.15) is 5.01 Å². The minimum atomic E-state index is -0.301. The number of benzene rings is 2. The number of nitrogens with zero attached hydrogens (tertiary/aromatic N) is 3. The highest BCUT2D eigenvalue weighted by atomic mass is 32.1. The van der Waals surface area contributed by atoms with E-state index >= 15 is 0 Å². The second-order valence-corrected chi connectivity index (χ2v) is 9.49. The molecule has 9 heteroatoms. The Labute approximate surface area is 202 Å². The number of fused-ring (bicyclic) bond motifs is 1. The number of carbonyl (C=O) groups excluding carboxylic acids is 2. The summed E-state index contributed by atoms with van der Waals surface area (Å²) >= 11 is 1.26. The monoisotopic (exact) mass is 480 g/mol. The summed E-state index contributed by atoms with van der Waals surface area (Å²) in [6, 6.07) is 15.2. The highest BCUT2D eigenvalue weighted by Gasteiger charge is 2.27. The van der Waals surface area contributed by atoms with Gasteiger partial charge < -0.3 is 14.4 Å². The topological polar surface area (TPSA) is 93.7 Å². The zero-order valence-electron chi connectivity index (χ0n) is 19.5. The van der Waals surface area contributed by atoms with Crippen LogP contribution in [0.2, 0.25) is 0 Å². The molecule has 4 rings (SSSR count). The van der Waals surface area contributed by atoms with Gasteiger partial charge in [-0.1, -0.05) is 62.4 Å². The summed E-state index contributed by atoms with van der Waals surface area (Å²) in [5.74, 6) is 0.944. The van der Waals surface area contributed by atoms with Gasteiger partial charge in [0, 0.05) is 12.1 Å². The van der Waals surface area contributed by atoms with E-state index in [1.54, 1.807) is 4.90 Å². The molecule has 0 bridgehead atoms. The number of aromatic nitrogens is 2. The van der Waals surface area contributed by atoms with E-state index in [1.807, 2.05) is 69.3 Å². The Balaban J connectivity index is 1.44. The molecule has 34 heavy (non-hydrogen) atoms. The van der Waals surface area contributed by atoms with Crippen molar-refractivity contribution in [3.63, 3.8) is 0 Å². The summed E-state index contributed by atoms with van der Waals surface area (Å²) in [6.45, 7) is 6.70. The summed E-state index contributed by atoms with van der Waals surface area (Å²) < 4.78 is 10.8. The van der Waals surface area contributed by atoms with Gasteiger partial charge in [-0.3, -0.25) is 14.9 Å². The lowest BCUT2D eigenvalue weighted by atomic mass is 9.94. The Morgan fingerprint density at radius 2 is 1.85 bits per heavy atom. The van der Waals surface area contributed by atoms with Gasteiger partial charge in [-0.2, -0.15) is 0 Å². The average Bonchev–Trinajstić information content (AvgIpc) is 3.48. The van der Waals surface area contributed by atoms with Crippen molar-refractivity contribution in [2.75, 3.05) is 25.2 Å². The average molecular weight is 481 g/mol. The molecular formula is C25H28N4O4S. The number of amides is 2. The van der Waals surface area contributed by atoms with E-state index in [2.05, 4.69) is 15.5 Å². The van der Waals surface area contributed by atoms with E-state index in [4.69, 9.17) is 9.47 Å². The maximum absolute atomic E-state index is 13.4. The molecule has 1 aliphatic rings. The van der Waals surface area contributed by atoms with Crippen LogP contribution in [-0.2, 0) is 9.59 Å². The van der Waals surface area contributed by atoms with Crippen LogP contribution in [0.25, 0.3) is 10.6 Å². The fraction of sp³-hybridized carbons (Fsp3) is 0.360. The first-order valence-corrected chi connectivity index (χ1v) is 12.1. The smallest absolute Gasteiger partial charge is 0.245 e. The molecule has 0 unspecified atom stereocenters. The lowest BCUT2D eigenvalue weighted by Gasteiger charge is -2.28. The molecule has 178 valence electrons. The molecule has 8 nitrogen and oxygen atoms in total. The van der Waals surface area contributed by atoms with Gasteiger partial charge in [0.15, 0.2) is 11.5 Å². The Hall–Kier alpha value is -3.46. The molecule has 0 saturated carbocycles. The first-order valence-electron chi connectivity index (χ1n) is 11.3. The van der Waals surface area contributed by atoms with Gasteiger partial charge in [-0.25, -0.2) is 0 Å². The van der Waals surface area contributed by atoms with Crippen molar-refractivity contribution in [3.8, 4) is 22.1 Å². The Kier molecular flexibility index (Phi) is 7.42. The van der Waals surface area contributed by atoms with Gasteiger partial charge in [0.05, 0.1) is 12.5 Å². The lowest BCUT2D eigenvalue weighted by molar-refractivity contribution is -0.136. The molecule has 2 heterocycles. The van der Waals surface area contributed by atoms with Gasteiger partial charge in [0.25, 0.3) is 0 Å². The zero-order chi connectivity index (χ0) is 24.1. The van der Waals surface area contributed by atoms with Gasteiger partial charge in [-0.05, 0) is 36.1 Å². The molecule has 0 radical (unpaired) electrons. The van der Waals surface area contributed by atoms with Crippen molar-refractivity contribution in [3.05, 3.63) is 54.1 Å². The maximum Gasteiger partial charge on any atom is 0.245 e. The third-order valence-corrected chi connectivity index (χ3v) is 6.32. The summed E-state index contributed by atoms with van der Waals surface area (Å²) in [7, 11) is 0. The standard InChI is InChI=1S/C25H28N4O4S/c1-4-19(17-8-6-5-7-9-17)24(31)29(13-16(2)3)14-22(30)26-25-28-27-23(34-25)18-10-11-20-21(12-18)33-15-32-20/h5-12,16,19H,4,13-15H2,1-3H3,(H,26,28,30)/t19-/m0/s1. The molecule has 1 aromatic heterocycles. The van der Waals surface area contributed by atoms with Crippen LogP contribution in [0, 0.1) is 5.92 Å². The molecule has 1 aliphatic heterocycles. The van der Waals surface area contributed by atoms with Crippen molar-refractivity contribution < 1.29 is 19.1 Å². The highest BCUT2D eigenvalue weighted by molar-refractivity contribution is 7.18. The van der Waals surface area contributed by atoms with E-state index in [-0.39, 0.29) is 37.0 Å². The predicted molar refractivity (Wildman–Crippen MR) is 131 cm³/mol. The molecule has 3 aromatic rings. The number of hydrogen-bond donors (Lipinski definition) is 1. The number of rotatable bonds is 9. The van der Waals surface area contributed by atoms with Crippen LogP contribution in [0.15, 0.2) is 48.5 Å². The Morgan fingerprint density at radius 3 is 2.59 bits per heavy atom. The van der Waals surface area contributed by atoms with Gasteiger partial charge in [-0.15, -0.1) is 10.2 Å². The van der Waals surface area contributed by atoms with Gasteiger partial charge in [0.2, 0.25) is 23.7 Å². The number of ether oxygens (including phenoxy) is 2. The number of hydrogen-bond acceptors (Lipinski definition) is 7. The molecule has 0 spiro atoms. The molecule has 2 aromatic carbocycles. The van der Waals surface area contributed by atoms with Crippen LogP contribution < -0.4 is 14.8 Å². The Morgan fingerprint density at radius 1 is 1.09 bits per heavy atom. The quantitative estimate of drug-likeness (QED) is 0.483. The van der Waals surface area contributed by atoms with Crippen LogP contribution in [0.4, 0.5) is 5.13 Å². The summed E-state index contributed by atoms with van der Waals surface area (Å²) in [6.07, 6.45) is 0.661. The number of carbonyl (C=O) groups is 2. The normalized spacial score (nSPS) is 13.1. The van der Waals surface area contributed by atoms with Crippen molar-refractivity contribution in [1.82, 2.24) is 15.1 Å². The van der Waals surface area contributed by atoms with E-state index in [0.717, 1.165) is 11.1 Å². The first kappa shape index (κ1) is 23.7. The molecular weight excluding hydrogens is 452 g/mol. The van der Waals surface area contributed by atoms with E-state index < -0.39 is 0 Å². The third kappa shape index (κ3) is 5.53. The third-order valence-electron chi connectivity index (χ3n) is 5.43. The van der Waals surface area contributed by atoms with E-state index in [1.165, 1.54) is 11.3 Å². The molecule has 0 saturated heterocycles. The summed E-state index contributed by atoms with van der Waals surface area (Å²) in [4.78, 5) is 27.9. The second-order valence-electron chi connectivity index (χ2n) is 8.51. The van der Waals surface area contributed by atoms with Crippen molar-refractivity contribution >= 4 is 28.3 Å². The van der Waals surface area contributed by atoms with Gasteiger partial charge >= 0.3 is 0 Å². The zero-order valence-corrected chi connectivity index (χ0v) is 20.3. The lowest BCUT2D eigenvalue weighted by Crippen LogP contribution is -2.42. The molecule has 1 N–H and O–H groups in total. The first-order chi connectivity index (χ1) is 16.4. The minimum Gasteiger partial charge on any atom is -0.454 e. The van der Waals surface area contributed by atoms with Crippen LogP contribution in [0.5, 0.6) is 11.5 Å². The largest absolute Gasteiger partial charge is 0.454 e. The molecule has 0 aliphatic carbocycles. The molecule has 1 atom stereocenters. The fourth-order valence-corrected chi connectivity index (χ4v) is 4.64. The fourth-order valence-electron chi connectivity index (χ4n) is 3.88. The summed E-state index contributed by atoms with van der Waals surface area (Å²) in [5, 5.41) is 12.1. The number of nitrogens with one attached hydrogen (secondary N) is 1. The van der Waals surface area contributed by atoms with Crippen molar-refractivity contribution in [2.24, 2.45) is 5.92 Å². The highest BCUT2D eigenvalue weighted by Crippen LogP contribution is 2.37. The predicted octanol–water partition coefficient (Wildman–Crippen LogP) is 4.55. The van der Waals surface area contributed by atoms with Crippen molar-refractivity contribution in [2.45, 2.75) is 33.1 Å². The second kappa shape index (κ2) is 10.6. The minimum absolute atomic E-state index is 0.0424. The van der Waals surface area contributed by atoms with E-state index in [9.17, 15) is 9.59 Å². The van der Waals surface area contributed by atoms with Crippen LogP contribution in [-0.4, -0.2) is 46.8 Å².